The first-order valence-corrected chi connectivity index (χ1v) is 6.62. The second-order valence-corrected chi connectivity index (χ2v) is 5.54. The lowest BCUT2D eigenvalue weighted by molar-refractivity contribution is 0.140. The summed E-state index contributed by atoms with van der Waals surface area (Å²) in [6, 6.07) is 4.63. The smallest absolute Gasteiger partial charge is 0.124 e. The van der Waals surface area contributed by atoms with Crippen LogP contribution in [0.15, 0.2) is 18.2 Å². The molecule has 0 amide bonds. The molecule has 1 aliphatic carbocycles. The lowest BCUT2D eigenvalue weighted by Crippen LogP contribution is -2.48. The zero-order valence-electron chi connectivity index (χ0n) is 11.4. The van der Waals surface area contributed by atoms with Crippen LogP contribution in [-0.2, 0) is 5.54 Å². The molecule has 1 aromatic rings. The minimum atomic E-state index is -0.481. The highest BCUT2D eigenvalue weighted by Crippen LogP contribution is 2.45. The molecule has 1 aliphatic rings. The maximum Gasteiger partial charge on any atom is 0.124 e. The second-order valence-electron chi connectivity index (χ2n) is 5.54. The molecule has 2 rings (SSSR count). The SMILES string of the molecule is COc1ccc(F)cc1C1(N)CCCC(C)C1C. The van der Waals surface area contributed by atoms with Crippen molar-refractivity contribution < 1.29 is 9.13 Å². The van der Waals surface area contributed by atoms with Crippen molar-refractivity contribution in [2.24, 2.45) is 17.6 Å². The van der Waals surface area contributed by atoms with Crippen LogP contribution in [0.2, 0.25) is 0 Å². The van der Waals surface area contributed by atoms with Gasteiger partial charge in [-0.25, -0.2) is 4.39 Å². The summed E-state index contributed by atoms with van der Waals surface area (Å²) in [6.07, 6.45) is 3.16. The fourth-order valence-electron chi connectivity index (χ4n) is 3.13. The number of hydrogen-bond acceptors (Lipinski definition) is 2. The van der Waals surface area contributed by atoms with E-state index in [4.69, 9.17) is 10.5 Å². The van der Waals surface area contributed by atoms with Crippen LogP contribution in [0, 0.1) is 17.7 Å². The summed E-state index contributed by atoms with van der Waals surface area (Å²) in [6.45, 7) is 4.38. The third kappa shape index (κ3) is 2.12. The van der Waals surface area contributed by atoms with Crippen molar-refractivity contribution in [2.45, 2.75) is 38.6 Å². The first-order chi connectivity index (χ1) is 8.49. The molecule has 100 valence electrons. The van der Waals surface area contributed by atoms with Gasteiger partial charge in [0.15, 0.2) is 0 Å². The van der Waals surface area contributed by atoms with Gasteiger partial charge in [0.05, 0.1) is 7.11 Å². The lowest BCUT2D eigenvalue weighted by Gasteiger charge is -2.44. The van der Waals surface area contributed by atoms with Gasteiger partial charge in [-0.3, -0.25) is 0 Å². The van der Waals surface area contributed by atoms with Crippen LogP contribution in [0.25, 0.3) is 0 Å². The van der Waals surface area contributed by atoms with E-state index < -0.39 is 5.54 Å². The second kappa shape index (κ2) is 4.88. The summed E-state index contributed by atoms with van der Waals surface area (Å²) in [4.78, 5) is 0. The minimum Gasteiger partial charge on any atom is -0.496 e. The Balaban J connectivity index is 2.48. The first kappa shape index (κ1) is 13.3. The molecule has 1 aromatic carbocycles. The van der Waals surface area contributed by atoms with Gasteiger partial charge in [0.2, 0.25) is 0 Å². The molecule has 0 aromatic heterocycles. The Kier molecular flexibility index (Phi) is 3.62. The zero-order valence-corrected chi connectivity index (χ0v) is 11.4. The fourth-order valence-corrected chi connectivity index (χ4v) is 3.13. The molecule has 0 bridgehead atoms. The van der Waals surface area contributed by atoms with E-state index >= 15 is 0 Å². The molecule has 0 aliphatic heterocycles. The highest BCUT2D eigenvalue weighted by molar-refractivity contribution is 5.40. The van der Waals surface area contributed by atoms with Gasteiger partial charge in [-0.15, -0.1) is 0 Å². The van der Waals surface area contributed by atoms with Crippen molar-refractivity contribution >= 4 is 0 Å². The molecule has 3 heteroatoms. The van der Waals surface area contributed by atoms with Gasteiger partial charge in [-0.2, -0.15) is 0 Å². The fraction of sp³-hybridized carbons (Fsp3) is 0.600. The van der Waals surface area contributed by atoms with Crippen LogP contribution in [0.3, 0.4) is 0 Å². The van der Waals surface area contributed by atoms with Gasteiger partial charge in [0.1, 0.15) is 11.6 Å². The van der Waals surface area contributed by atoms with Crippen LogP contribution in [0.5, 0.6) is 5.75 Å². The first-order valence-electron chi connectivity index (χ1n) is 6.62. The molecule has 0 spiro atoms. The molecule has 1 fully saturated rings. The van der Waals surface area contributed by atoms with Gasteiger partial charge in [-0.05, 0) is 36.5 Å². The zero-order chi connectivity index (χ0) is 13.3. The third-order valence-corrected chi connectivity index (χ3v) is 4.58. The standard InChI is InChI=1S/C15H22FNO/c1-10-5-4-8-15(17,11(10)2)13-9-12(16)6-7-14(13)18-3/h6-7,9-11H,4-5,8,17H2,1-3H3. The summed E-state index contributed by atoms with van der Waals surface area (Å²) in [5, 5.41) is 0. The number of benzene rings is 1. The van der Waals surface area contributed by atoms with Gasteiger partial charge in [0, 0.05) is 11.1 Å². The highest BCUT2D eigenvalue weighted by Gasteiger charge is 2.41. The summed E-state index contributed by atoms with van der Waals surface area (Å²) in [7, 11) is 1.61. The summed E-state index contributed by atoms with van der Waals surface area (Å²) < 4.78 is 18.9. The Hall–Kier alpha value is -1.09. The van der Waals surface area contributed by atoms with E-state index in [0.717, 1.165) is 18.4 Å². The molecule has 3 atom stereocenters. The highest BCUT2D eigenvalue weighted by atomic mass is 19.1. The Bertz CT molecular complexity index is 435. The van der Waals surface area contributed by atoms with Gasteiger partial charge in [0.25, 0.3) is 0 Å². The molecule has 1 saturated carbocycles. The van der Waals surface area contributed by atoms with Gasteiger partial charge >= 0.3 is 0 Å². The van der Waals surface area contributed by atoms with E-state index in [0.29, 0.717) is 17.6 Å². The van der Waals surface area contributed by atoms with Crippen LogP contribution in [0.1, 0.15) is 38.7 Å². The lowest BCUT2D eigenvalue weighted by atomic mass is 9.65. The number of hydrogen-bond donors (Lipinski definition) is 1. The summed E-state index contributed by atoms with van der Waals surface area (Å²) >= 11 is 0. The van der Waals surface area contributed by atoms with Crippen molar-refractivity contribution in [1.29, 1.82) is 0 Å². The average molecular weight is 251 g/mol. The third-order valence-electron chi connectivity index (χ3n) is 4.58. The van der Waals surface area contributed by atoms with E-state index in [1.165, 1.54) is 18.6 Å². The monoisotopic (exact) mass is 251 g/mol. The molecule has 18 heavy (non-hydrogen) atoms. The summed E-state index contributed by atoms with van der Waals surface area (Å²) in [5.74, 6) is 1.32. The Labute approximate surface area is 108 Å². The molecular weight excluding hydrogens is 229 g/mol. The quantitative estimate of drug-likeness (QED) is 0.873. The topological polar surface area (TPSA) is 35.2 Å². The predicted molar refractivity (Wildman–Crippen MR) is 71.0 cm³/mol. The van der Waals surface area contributed by atoms with E-state index in [2.05, 4.69) is 13.8 Å². The number of halogens is 1. The molecule has 0 radical (unpaired) electrons. The Morgan fingerprint density at radius 3 is 2.78 bits per heavy atom. The van der Waals surface area contributed by atoms with Crippen LogP contribution < -0.4 is 10.5 Å². The van der Waals surface area contributed by atoms with Gasteiger partial charge in [-0.1, -0.05) is 26.7 Å². The largest absolute Gasteiger partial charge is 0.496 e. The number of ether oxygens (including phenoxy) is 1. The van der Waals surface area contributed by atoms with Gasteiger partial charge < -0.3 is 10.5 Å². The van der Waals surface area contributed by atoms with E-state index in [9.17, 15) is 4.39 Å². The number of nitrogens with two attached hydrogens (primary N) is 1. The Morgan fingerprint density at radius 1 is 1.39 bits per heavy atom. The Morgan fingerprint density at radius 2 is 2.11 bits per heavy atom. The average Bonchev–Trinajstić information content (AvgIpc) is 2.36. The maximum atomic E-state index is 13.5. The molecule has 0 heterocycles. The maximum absolute atomic E-state index is 13.5. The van der Waals surface area contributed by atoms with E-state index in [1.807, 2.05) is 0 Å². The molecule has 0 saturated heterocycles. The van der Waals surface area contributed by atoms with Crippen molar-refractivity contribution in [3.05, 3.63) is 29.6 Å². The molecule has 2 nitrogen and oxygen atoms in total. The number of rotatable bonds is 2. The number of methoxy groups -OCH3 is 1. The predicted octanol–water partition coefficient (Wildman–Crippen LogP) is 3.44. The van der Waals surface area contributed by atoms with Crippen molar-refractivity contribution in [3.63, 3.8) is 0 Å². The minimum absolute atomic E-state index is 0.249. The van der Waals surface area contributed by atoms with Crippen LogP contribution >= 0.6 is 0 Å². The van der Waals surface area contributed by atoms with Crippen molar-refractivity contribution in [3.8, 4) is 5.75 Å². The van der Waals surface area contributed by atoms with E-state index in [1.54, 1.807) is 13.2 Å². The molecule has 2 N–H and O–H groups in total. The van der Waals surface area contributed by atoms with E-state index in [-0.39, 0.29) is 5.82 Å². The molecule has 3 unspecified atom stereocenters. The van der Waals surface area contributed by atoms with Crippen LogP contribution in [-0.4, -0.2) is 7.11 Å². The summed E-state index contributed by atoms with van der Waals surface area (Å²) in [5.41, 5.74) is 6.94. The normalized spacial score (nSPS) is 32.3. The van der Waals surface area contributed by atoms with Crippen molar-refractivity contribution in [2.75, 3.05) is 7.11 Å². The molecular formula is C15H22FNO. The van der Waals surface area contributed by atoms with Crippen LogP contribution in [0.4, 0.5) is 4.39 Å². The van der Waals surface area contributed by atoms with Crippen molar-refractivity contribution in [1.82, 2.24) is 0 Å².